The molecular weight excluding hydrogens is 218 g/mol. The normalized spacial score (nSPS) is 12.2. The lowest BCUT2D eigenvalue weighted by Crippen LogP contribution is -2.05. The molecule has 1 heterocycles. The van der Waals surface area contributed by atoms with Crippen LogP contribution < -0.4 is 4.74 Å². The minimum atomic E-state index is -0.388. The summed E-state index contributed by atoms with van der Waals surface area (Å²) in [6, 6.07) is 12.6. The third-order valence-electron chi connectivity index (χ3n) is 2.86. The van der Waals surface area contributed by atoms with Crippen LogP contribution in [-0.4, -0.2) is 4.92 Å². The number of nitrogens with zero attached hydrogens (tertiary/aromatic N) is 1. The zero-order valence-corrected chi connectivity index (χ0v) is 8.92. The third kappa shape index (κ3) is 1.54. The first-order valence-corrected chi connectivity index (χ1v) is 5.25. The second-order valence-electron chi connectivity index (χ2n) is 3.88. The molecule has 1 aliphatic heterocycles. The molecule has 0 saturated carbocycles. The van der Waals surface area contributed by atoms with Crippen molar-refractivity contribution in [3.05, 3.63) is 58.1 Å². The van der Waals surface area contributed by atoms with E-state index in [-0.39, 0.29) is 10.6 Å². The van der Waals surface area contributed by atoms with Gasteiger partial charge in [0.25, 0.3) is 5.69 Å². The fourth-order valence-electron chi connectivity index (χ4n) is 2.05. The lowest BCUT2D eigenvalue weighted by Gasteiger charge is -2.20. The molecule has 0 atom stereocenters. The summed E-state index contributed by atoms with van der Waals surface area (Å²) in [5.41, 5.74) is 2.96. The molecule has 0 spiro atoms. The number of nitro benzene ring substituents is 1. The molecule has 0 fully saturated rings. The van der Waals surface area contributed by atoms with Gasteiger partial charge in [-0.2, -0.15) is 0 Å². The molecule has 0 bridgehead atoms. The summed E-state index contributed by atoms with van der Waals surface area (Å²) in [7, 11) is 0. The van der Waals surface area contributed by atoms with Gasteiger partial charge in [0.2, 0.25) is 0 Å². The summed E-state index contributed by atoms with van der Waals surface area (Å²) in [5, 5.41) is 10.7. The molecular formula is C13H9NO3. The predicted molar refractivity (Wildman–Crippen MR) is 62.9 cm³/mol. The Kier molecular flexibility index (Phi) is 2.08. The molecule has 17 heavy (non-hydrogen) atoms. The highest BCUT2D eigenvalue weighted by molar-refractivity contribution is 5.75. The molecule has 1 aliphatic rings. The van der Waals surface area contributed by atoms with Crippen LogP contribution in [0.15, 0.2) is 42.5 Å². The lowest BCUT2D eigenvalue weighted by atomic mass is 9.97. The quantitative estimate of drug-likeness (QED) is 0.555. The number of non-ortho nitro benzene ring substituents is 1. The van der Waals surface area contributed by atoms with Gasteiger partial charge < -0.3 is 4.74 Å². The Balaban J connectivity index is 2.18. The molecule has 4 heteroatoms. The van der Waals surface area contributed by atoms with E-state index in [1.807, 2.05) is 24.3 Å². The topological polar surface area (TPSA) is 52.4 Å². The maximum absolute atomic E-state index is 10.7. The van der Waals surface area contributed by atoms with Crippen molar-refractivity contribution in [2.45, 2.75) is 6.61 Å². The Morgan fingerprint density at radius 1 is 1.12 bits per heavy atom. The Bertz CT molecular complexity index is 607. The van der Waals surface area contributed by atoms with Gasteiger partial charge in [0.1, 0.15) is 12.4 Å². The van der Waals surface area contributed by atoms with Crippen molar-refractivity contribution < 1.29 is 9.66 Å². The zero-order chi connectivity index (χ0) is 11.8. The fourth-order valence-corrected chi connectivity index (χ4v) is 2.05. The van der Waals surface area contributed by atoms with Crippen molar-refractivity contribution >= 4 is 5.69 Å². The van der Waals surface area contributed by atoms with E-state index in [9.17, 15) is 10.1 Å². The van der Waals surface area contributed by atoms with E-state index in [1.165, 1.54) is 6.07 Å². The molecule has 84 valence electrons. The van der Waals surface area contributed by atoms with Crippen LogP contribution in [0.5, 0.6) is 5.75 Å². The Morgan fingerprint density at radius 2 is 1.94 bits per heavy atom. The zero-order valence-electron chi connectivity index (χ0n) is 8.92. The molecule has 0 aliphatic carbocycles. The van der Waals surface area contributed by atoms with Crippen LogP contribution in [0, 0.1) is 10.1 Å². The number of para-hydroxylation sites is 1. The van der Waals surface area contributed by atoms with Crippen LogP contribution in [0.2, 0.25) is 0 Å². The van der Waals surface area contributed by atoms with E-state index < -0.39 is 0 Å². The second-order valence-corrected chi connectivity index (χ2v) is 3.88. The number of fused-ring (bicyclic) bond motifs is 3. The number of benzene rings is 2. The number of nitro groups is 1. The summed E-state index contributed by atoms with van der Waals surface area (Å²) in [6.07, 6.45) is 0. The summed E-state index contributed by atoms with van der Waals surface area (Å²) < 4.78 is 5.56. The molecule has 0 amide bonds. The summed E-state index contributed by atoms with van der Waals surface area (Å²) in [6.45, 7) is 0.383. The van der Waals surface area contributed by atoms with Crippen molar-refractivity contribution in [1.82, 2.24) is 0 Å². The lowest BCUT2D eigenvalue weighted by molar-refractivity contribution is -0.384. The van der Waals surface area contributed by atoms with E-state index in [2.05, 4.69) is 0 Å². The highest BCUT2D eigenvalue weighted by Crippen LogP contribution is 2.38. The minimum absolute atomic E-state index is 0.103. The van der Waals surface area contributed by atoms with Gasteiger partial charge in [0.05, 0.1) is 4.92 Å². The molecule has 0 unspecified atom stereocenters. The monoisotopic (exact) mass is 227 g/mol. The van der Waals surface area contributed by atoms with E-state index in [4.69, 9.17) is 4.74 Å². The maximum Gasteiger partial charge on any atom is 0.269 e. The van der Waals surface area contributed by atoms with E-state index in [0.29, 0.717) is 6.61 Å². The molecule has 3 rings (SSSR count). The first kappa shape index (κ1) is 9.84. The first-order valence-electron chi connectivity index (χ1n) is 5.25. The molecule has 0 N–H and O–H groups in total. The number of rotatable bonds is 1. The highest BCUT2D eigenvalue weighted by Gasteiger charge is 2.19. The Morgan fingerprint density at radius 3 is 2.76 bits per heavy atom. The Hall–Kier alpha value is -2.36. The van der Waals surface area contributed by atoms with Crippen LogP contribution in [0.3, 0.4) is 0 Å². The maximum atomic E-state index is 10.7. The van der Waals surface area contributed by atoms with E-state index in [0.717, 1.165) is 22.4 Å². The summed E-state index contributed by atoms with van der Waals surface area (Å²) >= 11 is 0. The molecule has 4 nitrogen and oxygen atoms in total. The largest absolute Gasteiger partial charge is 0.488 e. The van der Waals surface area contributed by atoms with Crippen LogP contribution in [-0.2, 0) is 6.61 Å². The van der Waals surface area contributed by atoms with Crippen LogP contribution in [0.25, 0.3) is 11.1 Å². The molecule has 0 saturated heterocycles. The van der Waals surface area contributed by atoms with Gasteiger partial charge in [-0.15, -0.1) is 0 Å². The van der Waals surface area contributed by atoms with Crippen molar-refractivity contribution in [3.63, 3.8) is 0 Å². The van der Waals surface area contributed by atoms with E-state index in [1.54, 1.807) is 12.1 Å². The number of ether oxygens (including phenoxy) is 1. The minimum Gasteiger partial charge on any atom is -0.488 e. The number of hydrogen-bond acceptors (Lipinski definition) is 3. The van der Waals surface area contributed by atoms with Gasteiger partial charge in [-0.25, -0.2) is 0 Å². The SMILES string of the molecule is O=[N+]([O-])c1ccc2c(c1)COc1ccccc1-2. The molecule has 2 aromatic rings. The summed E-state index contributed by atoms with van der Waals surface area (Å²) in [5.74, 6) is 0.828. The molecule has 0 radical (unpaired) electrons. The first-order chi connectivity index (χ1) is 8.25. The average molecular weight is 227 g/mol. The predicted octanol–water partition coefficient (Wildman–Crippen LogP) is 3.15. The van der Waals surface area contributed by atoms with Gasteiger partial charge in [-0.05, 0) is 17.7 Å². The van der Waals surface area contributed by atoms with Crippen molar-refractivity contribution in [2.75, 3.05) is 0 Å². The molecule has 0 aromatic heterocycles. The Labute approximate surface area is 97.6 Å². The van der Waals surface area contributed by atoms with E-state index >= 15 is 0 Å². The standard InChI is InChI=1S/C13H9NO3/c15-14(16)10-5-6-11-9(7-10)8-17-13-4-2-1-3-12(11)13/h1-7H,8H2. The van der Waals surface area contributed by atoms with Crippen molar-refractivity contribution in [2.24, 2.45) is 0 Å². The van der Waals surface area contributed by atoms with Gasteiger partial charge in [-0.3, -0.25) is 10.1 Å². The third-order valence-corrected chi connectivity index (χ3v) is 2.86. The van der Waals surface area contributed by atoms with Gasteiger partial charge in [0, 0.05) is 23.3 Å². The van der Waals surface area contributed by atoms with Crippen molar-refractivity contribution in [1.29, 1.82) is 0 Å². The smallest absolute Gasteiger partial charge is 0.269 e. The van der Waals surface area contributed by atoms with Gasteiger partial charge in [0.15, 0.2) is 0 Å². The van der Waals surface area contributed by atoms with Gasteiger partial charge >= 0.3 is 0 Å². The number of hydrogen-bond donors (Lipinski definition) is 0. The average Bonchev–Trinajstić information content (AvgIpc) is 2.38. The summed E-state index contributed by atoms with van der Waals surface area (Å²) in [4.78, 5) is 10.3. The fraction of sp³-hybridized carbons (Fsp3) is 0.0769. The van der Waals surface area contributed by atoms with Crippen molar-refractivity contribution in [3.8, 4) is 16.9 Å². The molecule has 2 aromatic carbocycles. The second kappa shape index (κ2) is 3.59. The van der Waals surface area contributed by atoms with Crippen LogP contribution in [0.4, 0.5) is 5.69 Å². The highest BCUT2D eigenvalue weighted by atomic mass is 16.6. The van der Waals surface area contributed by atoms with Crippen LogP contribution >= 0.6 is 0 Å². The van der Waals surface area contributed by atoms with Crippen LogP contribution in [0.1, 0.15) is 5.56 Å². The van der Waals surface area contributed by atoms with Gasteiger partial charge in [-0.1, -0.05) is 18.2 Å².